The Labute approximate surface area is 147 Å². The minimum absolute atomic E-state index is 0.0595. The summed E-state index contributed by atoms with van der Waals surface area (Å²) in [4.78, 5) is 8.00. The molecule has 0 radical (unpaired) electrons. The van der Waals surface area contributed by atoms with Crippen molar-refractivity contribution in [3.8, 4) is 11.3 Å². The lowest BCUT2D eigenvalue weighted by atomic mass is 10.0. The van der Waals surface area contributed by atoms with E-state index in [1.165, 1.54) is 24.5 Å². The first kappa shape index (κ1) is 17.4. The Morgan fingerprint density at radius 2 is 1.84 bits per heavy atom. The summed E-state index contributed by atoms with van der Waals surface area (Å²) < 4.78 is 42.7. The van der Waals surface area contributed by atoms with Gasteiger partial charge < -0.3 is 0 Å². The summed E-state index contributed by atoms with van der Waals surface area (Å²) in [6.45, 7) is 2.59. The van der Waals surface area contributed by atoms with Crippen LogP contribution >= 0.6 is 11.6 Å². The van der Waals surface area contributed by atoms with Gasteiger partial charge in [-0.2, -0.15) is 5.10 Å². The largest absolute Gasteiger partial charge is 0.271 e. The van der Waals surface area contributed by atoms with Crippen LogP contribution in [0.4, 0.5) is 13.2 Å². The van der Waals surface area contributed by atoms with E-state index in [-0.39, 0.29) is 10.8 Å². The van der Waals surface area contributed by atoms with Crippen molar-refractivity contribution in [2.24, 2.45) is 0 Å². The van der Waals surface area contributed by atoms with E-state index in [9.17, 15) is 13.2 Å². The summed E-state index contributed by atoms with van der Waals surface area (Å²) >= 11 is 5.81. The van der Waals surface area contributed by atoms with E-state index in [2.05, 4.69) is 15.1 Å². The molecule has 1 aromatic carbocycles. The highest BCUT2D eigenvalue weighted by atomic mass is 35.5. The molecule has 1 atom stereocenters. The summed E-state index contributed by atoms with van der Waals surface area (Å²) in [7, 11) is 0. The Morgan fingerprint density at radius 1 is 1.16 bits per heavy atom. The molecule has 25 heavy (non-hydrogen) atoms. The van der Waals surface area contributed by atoms with Crippen LogP contribution < -0.4 is 0 Å². The third-order valence-electron chi connectivity index (χ3n) is 3.75. The van der Waals surface area contributed by atoms with Gasteiger partial charge in [0.1, 0.15) is 11.9 Å². The van der Waals surface area contributed by atoms with Crippen molar-refractivity contribution in [1.82, 2.24) is 19.7 Å². The standard InChI is InChI=1S/C17H14ClF3N4/c1-10-7-22-16(18)24-14(10)12-8-23-25(9-12)15(17(2,20)21)11-3-5-13(19)6-4-11/h3-9,15H,1-2H3/t15-/m1/s1. The topological polar surface area (TPSA) is 43.6 Å². The van der Waals surface area contributed by atoms with Crippen LogP contribution in [-0.2, 0) is 0 Å². The predicted octanol–water partition coefficient (Wildman–Crippen LogP) is 4.69. The van der Waals surface area contributed by atoms with Crippen molar-refractivity contribution >= 4 is 11.6 Å². The first-order valence-electron chi connectivity index (χ1n) is 7.42. The first-order chi connectivity index (χ1) is 11.8. The van der Waals surface area contributed by atoms with Crippen molar-refractivity contribution in [2.75, 3.05) is 0 Å². The molecule has 0 bridgehead atoms. The second-order valence-electron chi connectivity index (χ2n) is 5.79. The molecule has 0 saturated carbocycles. The molecule has 0 aliphatic carbocycles. The van der Waals surface area contributed by atoms with Crippen LogP contribution in [0.25, 0.3) is 11.3 Å². The molecule has 130 valence electrons. The van der Waals surface area contributed by atoms with Crippen LogP contribution in [0.2, 0.25) is 5.28 Å². The minimum atomic E-state index is -3.11. The molecule has 0 aliphatic rings. The highest BCUT2D eigenvalue weighted by molar-refractivity contribution is 6.28. The van der Waals surface area contributed by atoms with Gasteiger partial charge >= 0.3 is 0 Å². The van der Waals surface area contributed by atoms with E-state index in [4.69, 9.17) is 11.6 Å². The highest BCUT2D eigenvalue weighted by Gasteiger charge is 2.37. The molecular formula is C17H14ClF3N4. The van der Waals surface area contributed by atoms with Crippen LogP contribution in [0.3, 0.4) is 0 Å². The number of hydrogen-bond donors (Lipinski definition) is 0. The number of rotatable bonds is 4. The molecule has 0 saturated heterocycles. The van der Waals surface area contributed by atoms with Crippen molar-refractivity contribution < 1.29 is 13.2 Å². The second kappa shape index (κ2) is 6.48. The van der Waals surface area contributed by atoms with E-state index < -0.39 is 17.8 Å². The summed E-state index contributed by atoms with van der Waals surface area (Å²) in [6, 6.07) is 3.57. The zero-order valence-corrected chi connectivity index (χ0v) is 14.2. The second-order valence-corrected chi connectivity index (χ2v) is 6.13. The Bertz CT molecular complexity index is 888. The SMILES string of the molecule is Cc1cnc(Cl)nc1-c1cnn([C@H](c2ccc(F)cc2)C(C)(F)F)c1. The van der Waals surface area contributed by atoms with Gasteiger partial charge in [-0.3, -0.25) is 4.68 Å². The smallest absolute Gasteiger partial charge is 0.258 e. The summed E-state index contributed by atoms with van der Waals surface area (Å²) in [5, 5.41) is 4.13. The van der Waals surface area contributed by atoms with Gasteiger partial charge in [0.15, 0.2) is 0 Å². The molecular weight excluding hydrogens is 353 g/mol. The highest BCUT2D eigenvalue weighted by Crippen LogP contribution is 2.35. The molecule has 8 heteroatoms. The lowest BCUT2D eigenvalue weighted by Gasteiger charge is -2.24. The number of alkyl halides is 2. The van der Waals surface area contributed by atoms with Gasteiger partial charge in [0, 0.05) is 24.9 Å². The van der Waals surface area contributed by atoms with E-state index >= 15 is 0 Å². The summed E-state index contributed by atoms with van der Waals surface area (Å²) in [5.41, 5.74) is 2.05. The summed E-state index contributed by atoms with van der Waals surface area (Å²) in [6.07, 6.45) is 4.46. The number of aromatic nitrogens is 4. The molecule has 3 rings (SSSR count). The Kier molecular flexibility index (Phi) is 4.51. The van der Waals surface area contributed by atoms with Crippen molar-refractivity contribution in [3.05, 3.63) is 65.1 Å². The molecule has 0 aliphatic heterocycles. The normalized spacial score (nSPS) is 13.0. The van der Waals surface area contributed by atoms with E-state index in [1.807, 2.05) is 0 Å². The fourth-order valence-electron chi connectivity index (χ4n) is 2.64. The molecule has 0 amide bonds. The maximum absolute atomic E-state index is 14.2. The third kappa shape index (κ3) is 3.66. The molecule has 4 nitrogen and oxygen atoms in total. The van der Waals surface area contributed by atoms with Gasteiger partial charge in [-0.25, -0.2) is 23.1 Å². The van der Waals surface area contributed by atoms with Crippen LogP contribution in [0.5, 0.6) is 0 Å². The van der Waals surface area contributed by atoms with Gasteiger partial charge in [-0.15, -0.1) is 0 Å². The van der Waals surface area contributed by atoms with Crippen LogP contribution in [0.1, 0.15) is 24.1 Å². The van der Waals surface area contributed by atoms with E-state index in [0.717, 1.165) is 29.3 Å². The van der Waals surface area contributed by atoms with E-state index in [1.54, 1.807) is 13.1 Å². The predicted molar refractivity (Wildman–Crippen MR) is 88.2 cm³/mol. The number of hydrogen-bond acceptors (Lipinski definition) is 3. The first-order valence-corrected chi connectivity index (χ1v) is 7.80. The molecule has 0 spiro atoms. The van der Waals surface area contributed by atoms with Gasteiger partial charge in [-0.05, 0) is 41.8 Å². The fourth-order valence-corrected chi connectivity index (χ4v) is 2.77. The average Bonchev–Trinajstić information content (AvgIpc) is 2.99. The van der Waals surface area contributed by atoms with Crippen LogP contribution in [0.15, 0.2) is 42.9 Å². The average molecular weight is 367 g/mol. The fraction of sp³-hybridized carbons (Fsp3) is 0.235. The quantitative estimate of drug-likeness (QED) is 0.629. The number of benzene rings is 1. The minimum Gasteiger partial charge on any atom is -0.258 e. The monoisotopic (exact) mass is 366 g/mol. The lowest BCUT2D eigenvalue weighted by molar-refractivity contribution is -0.0217. The number of halogens is 4. The van der Waals surface area contributed by atoms with Gasteiger partial charge in [0.25, 0.3) is 5.92 Å². The molecule has 3 aromatic rings. The molecule has 0 fully saturated rings. The maximum atomic E-state index is 14.2. The lowest BCUT2D eigenvalue weighted by Crippen LogP contribution is -2.29. The third-order valence-corrected chi connectivity index (χ3v) is 3.93. The van der Waals surface area contributed by atoms with E-state index in [0.29, 0.717) is 11.3 Å². The zero-order valence-electron chi connectivity index (χ0n) is 13.4. The van der Waals surface area contributed by atoms with Crippen LogP contribution in [-0.4, -0.2) is 25.7 Å². The van der Waals surface area contributed by atoms with Crippen molar-refractivity contribution in [2.45, 2.75) is 25.8 Å². The Hall–Kier alpha value is -2.41. The van der Waals surface area contributed by atoms with Crippen molar-refractivity contribution in [3.63, 3.8) is 0 Å². The van der Waals surface area contributed by atoms with Crippen LogP contribution in [0, 0.1) is 12.7 Å². The number of aryl methyl sites for hydroxylation is 1. The number of nitrogens with zero attached hydrogens (tertiary/aromatic N) is 4. The Morgan fingerprint density at radius 3 is 2.48 bits per heavy atom. The molecule has 2 aromatic heterocycles. The zero-order chi connectivity index (χ0) is 18.2. The Balaban J connectivity index is 2.05. The summed E-state index contributed by atoms with van der Waals surface area (Å²) in [5.74, 6) is -3.60. The van der Waals surface area contributed by atoms with Crippen molar-refractivity contribution in [1.29, 1.82) is 0 Å². The van der Waals surface area contributed by atoms with Gasteiger partial charge in [0.2, 0.25) is 5.28 Å². The molecule has 2 heterocycles. The molecule has 0 unspecified atom stereocenters. The maximum Gasteiger partial charge on any atom is 0.271 e. The van der Waals surface area contributed by atoms with Gasteiger partial charge in [0.05, 0.1) is 11.9 Å². The van der Waals surface area contributed by atoms with Gasteiger partial charge in [-0.1, -0.05) is 12.1 Å². The molecule has 0 N–H and O–H groups in total.